The first kappa shape index (κ1) is 23.2. The number of carbonyl (C=O) groups excluding carboxylic acids is 3. The lowest BCUT2D eigenvalue weighted by Gasteiger charge is -2.22. The zero-order valence-electron chi connectivity index (χ0n) is 18.9. The van der Waals surface area contributed by atoms with Gasteiger partial charge in [0.15, 0.2) is 5.69 Å². The Hall–Kier alpha value is -3.98. The summed E-state index contributed by atoms with van der Waals surface area (Å²) < 4.78 is 5.36. The number of hydrogen-bond acceptors (Lipinski definition) is 5. The van der Waals surface area contributed by atoms with Crippen LogP contribution in [0.15, 0.2) is 54.7 Å². The van der Waals surface area contributed by atoms with E-state index in [-0.39, 0.29) is 23.5 Å². The number of pyridine rings is 1. The number of anilines is 2. The van der Waals surface area contributed by atoms with Crippen LogP contribution in [0.3, 0.4) is 0 Å². The van der Waals surface area contributed by atoms with Crippen molar-refractivity contribution in [2.45, 2.75) is 12.8 Å². The van der Waals surface area contributed by atoms with Crippen LogP contribution in [0.1, 0.15) is 33.7 Å². The Labute approximate surface area is 197 Å². The van der Waals surface area contributed by atoms with Gasteiger partial charge in [0, 0.05) is 44.0 Å². The molecule has 4 rings (SSSR count). The molecule has 0 atom stereocenters. The molecule has 0 spiro atoms. The van der Waals surface area contributed by atoms with Gasteiger partial charge in [0.2, 0.25) is 0 Å². The first-order chi connectivity index (χ1) is 16.6. The normalized spacial score (nSPS) is 13.8. The van der Waals surface area contributed by atoms with E-state index >= 15 is 0 Å². The first-order valence-electron chi connectivity index (χ1n) is 11.2. The molecule has 4 amide bonds. The summed E-state index contributed by atoms with van der Waals surface area (Å²) in [5.74, 6) is -0.348. The molecule has 0 aliphatic carbocycles. The van der Waals surface area contributed by atoms with E-state index in [2.05, 4.69) is 26.3 Å². The van der Waals surface area contributed by atoms with Crippen LogP contribution < -0.4 is 21.3 Å². The third kappa shape index (κ3) is 5.32. The minimum Gasteiger partial charge on any atom is -0.381 e. The summed E-state index contributed by atoms with van der Waals surface area (Å²) >= 11 is 0. The third-order valence-electron chi connectivity index (χ3n) is 5.81. The smallest absolute Gasteiger partial charge is 0.318 e. The van der Waals surface area contributed by atoms with Gasteiger partial charge in [0.05, 0.1) is 11.4 Å². The molecule has 9 heteroatoms. The van der Waals surface area contributed by atoms with Crippen molar-refractivity contribution < 1.29 is 19.1 Å². The molecular formula is C25H27N5O4. The lowest BCUT2D eigenvalue weighted by atomic mass is 10.0. The highest BCUT2D eigenvalue weighted by molar-refractivity contribution is 6.17. The zero-order chi connectivity index (χ0) is 23.9. The predicted octanol–water partition coefficient (Wildman–Crippen LogP) is 3.39. The number of carbonyl (C=O) groups is 3. The van der Waals surface area contributed by atoms with Crippen LogP contribution >= 0.6 is 0 Å². The maximum Gasteiger partial charge on any atom is 0.318 e. The Morgan fingerprint density at radius 1 is 0.912 bits per heavy atom. The fourth-order valence-corrected chi connectivity index (χ4v) is 3.94. The van der Waals surface area contributed by atoms with Gasteiger partial charge in [-0.25, -0.2) is 9.78 Å². The monoisotopic (exact) mass is 461 g/mol. The number of amides is 4. The maximum absolute atomic E-state index is 13.2. The number of nitrogens with zero attached hydrogens (tertiary/aromatic N) is 1. The van der Waals surface area contributed by atoms with Crippen LogP contribution in [0.4, 0.5) is 16.2 Å². The summed E-state index contributed by atoms with van der Waals surface area (Å²) in [6, 6.07) is 13.6. The van der Waals surface area contributed by atoms with Crippen molar-refractivity contribution in [2.24, 2.45) is 5.92 Å². The summed E-state index contributed by atoms with van der Waals surface area (Å²) in [5, 5.41) is 12.4. The molecule has 1 aliphatic rings. The number of rotatable bonds is 6. The highest BCUT2D eigenvalue weighted by atomic mass is 16.5. The van der Waals surface area contributed by atoms with E-state index in [1.807, 2.05) is 24.3 Å². The van der Waals surface area contributed by atoms with E-state index in [0.717, 1.165) is 18.2 Å². The van der Waals surface area contributed by atoms with Crippen molar-refractivity contribution in [1.82, 2.24) is 15.6 Å². The Morgan fingerprint density at radius 2 is 1.68 bits per heavy atom. The number of hydrogen-bond donors (Lipinski definition) is 4. The van der Waals surface area contributed by atoms with Crippen LogP contribution in [0.2, 0.25) is 0 Å². The van der Waals surface area contributed by atoms with Gasteiger partial charge >= 0.3 is 6.03 Å². The predicted molar refractivity (Wildman–Crippen MR) is 130 cm³/mol. The van der Waals surface area contributed by atoms with Crippen molar-refractivity contribution in [3.63, 3.8) is 0 Å². The molecule has 0 bridgehead atoms. The van der Waals surface area contributed by atoms with E-state index in [4.69, 9.17) is 4.74 Å². The minimum absolute atomic E-state index is 0.158. The molecule has 2 aromatic carbocycles. The second-order valence-electron chi connectivity index (χ2n) is 8.03. The fraction of sp³-hybridized carbons (Fsp3) is 0.280. The lowest BCUT2D eigenvalue weighted by molar-refractivity contribution is 0.0642. The molecule has 0 radical (unpaired) electrons. The molecule has 4 N–H and O–H groups in total. The van der Waals surface area contributed by atoms with Crippen LogP contribution in [0.25, 0.3) is 10.8 Å². The van der Waals surface area contributed by atoms with Crippen molar-refractivity contribution >= 4 is 40.0 Å². The number of aromatic nitrogens is 1. The van der Waals surface area contributed by atoms with E-state index < -0.39 is 0 Å². The molecular weight excluding hydrogens is 434 g/mol. The van der Waals surface area contributed by atoms with Gasteiger partial charge in [-0.05, 0) is 48.4 Å². The second-order valence-corrected chi connectivity index (χ2v) is 8.03. The van der Waals surface area contributed by atoms with Gasteiger partial charge in [-0.15, -0.1) is 0 Å². The SMILES string of the molecule is CNC(=O)Nc1ccc(C(=O)Nc2cccnc2C(=O)NCC2CCOCC2)c2ccccc12. The van der Waals surface area contributed by atoms with Gasteiger partial charge < -0.3 is 26.0 Å². The van der Waals surface area contributed by atoms with Crippen molar-refractivity contribution in [3.8, 4) is 0 Å². The van der Waals surface area contributed by atoms with E-state index in [9.17, 15) is 14.4 Å². The summed E-state index contributed by atoms with van der Waals surface area (Å²) in [7, 11) is 1.53. The first-order valence-corrected chi connectivity index (χ1v) is 11.2. The van der Waals surface area contributed by atoms with E-state index in [1.165, 1.54) is 13.2 Å². The molecule has 3 aromatic rings. The Morgan fingerprint density at radius 3 is 2.44 bits per heavy atom. The van der Waals surface area contributed by atoms with Gasteiger partial charge in [-0.3, -0.25) is 9.59 Å². The molecule has 1 aliphatic heterocycles. The zero-order valence-corrected chi connectivity index (χ0v) is 18.9. The van der Waals surface area contributed by atoms with Crippen LogP contribution in [-0.2, 0) is 4.74 Å². The van der Waals surface area contributed by atoms with Crippen LogP contribution in [0.5, 0.6) is 0 Å². The van der Waals surface area contributed by atoms with E-state index in [1.54, 1.807) is 24.3 Å². The second kappa shape index (κ2) is 10.8. The Kier molecular flexibility index (Phi) is 7.34. The largest absolute Gasteiger partial charge is 0.381 e. The number of nitrogens with one attached hydrogen (secondary N) is 4. The minimum atomic E-state index is -0.380. The van der Waals surface area contributed by atoms with Gasteiger partial charge in [0.1, 0.15) is 0 Å². The molecule has 2 heterocycles. The quantitative estimate of drug-likeness (QED) is 0.448. The molecule has 34 heavy (non-hydrogen) atoms. The molecule has 9 nitrogen and oxygen atoms in total. The fourth-order valence-electron chi connectivity index (χ4n) is 3.94. The summed E-state index contributed by atoms with van der Waals surface area (Å²) in [5.41, 5.74) is 1.48. The number of urea groups is 1. The highest BCUT2D eigenvalue weighted by Crippen LogP contribution is 2.28. The number of fused-ring (bicyclic) bond motifs is 1. The molecule has 176 valence electrons. The molecule has 0 saturated carbocycles. The number of benzene rings is 2. The van der Waals surface area contributed by atoms with Crippen molar-refractivity contribution in [2.75, 3.05) is 37.4 Å². The standard InChI is InChI=1S/C25H27N5O4/c1-26-25(33)30-20-9-8-19(17-5-2-3-6-18(17)20)23(31)29-21-7-4-12-27-22(21)24(32)28-15-16-10-13-34-14-11-16/h2-9,12,16H,10-11,13-15H2,1H3,(H,28,32)(H,29,31)(H2,26,30,33). The molecule has 1 saturated heterocycles. The van der Waals surface area contributed by atoms with Crippen LogP contribution in [-0.4, -0.2) is 49.6 Å². The lowest BCUT2D eigenvalue weighted by Crippen LogP contribution is -2.33. The molecule has 0 unspecified atom stereocenters. The highest BCUT2D eigenvalue weighted by Gasteiger charge is 2.20. The Bertz CT molecular complexity index is 1210. The van der Waals surface area contributed by atoms with Crippen molar-refractivity contribution in [3.05, 3.63) is 66.0 Å². The van der Waals surface area contributed by atoms with Gasteiger partial charge in [-0.2, -0.15) is 0 Å². The summed E-state index contributed by atoms with van der Waals surface area (Å²) in [6.45, 7) is 1.95. The van der Waals surface area contributed by atoms with Gasteiger partial charge in [-0.1, -0.05) is 24.3 Å². The maximum atomic E-state index is 13.2. The van der Waals surface area contributed by atoms with Gasteiger partial charge in [0.25, 0.3) is 11.8 Å². The van der Waals surface area contributed by atoms with Crippen LogP contribution in [0, 0.1) is 5.92 Å². The average Bonchev–Trinajstić information content (AvgIpc) is 2.88. The Balaban J connectivity index is 1.54. The van der Waals surface area contributed by atoms with E-state index in [0.29, 0.717) is 48.0 Å². The summed E-state index contributed by atoms with van der Waals surface area (Å²) in [4.78, 5) is 42.0. The average molecular weight is 462 g/mol. The third-order valence-corrected chi connectivity index (χ3v) is 5.81. The number of ether oxygens (including phenoxy) is 1. The topological polar surface area (TPSA) is 121 Å². The summed E-state index contributed by atoms with van der Waals surface area (Å²) in [6.07, 6.45) is 3.33. The molecule has 1 fully saturated rings. The molecule has 1 aromatic heterocycles. The van der Waals surface area contributed by atoms with Crippen molar-refractivity contribution in [1.29, 1.82) is 0 Å².